The molecule has 0 aliphatic heterocycles. The molecule has 4 nitrogen and oxygen atoms in total. The molecule has 0 spiro atoms. The van der Waals surface area contributed by atoms with Crippen molar-refractivity contribution in [3.8, 4) is 11.5 Å². The van der Waals surface area contributed by atoms with Gasteiger partial charge < -0.3 is 13.9 Å². The number of aromatic nitrogens is 1. The van der Waals surface area contributed by atoms with E-state index in [1.54, 1.807) is 32.6 Å². The first-order valence-corrected chi connectivity index (χ1v) is 5.71. The fourth-order valence-electron chi connectivity index (χ4n) is 2.00. The van der Waals surface area contributed by atoms with Crippen LogP contribution < -0.4 is 9.47 Å². The molecule has 0 bridgehead atoms. The number of pyridine rings is 1. The van der Waals surface area contributed by atoms with E-state index < -0.39 is 0 Å². The lowest BCUT2D eigenvalue weighted by Gasteiger charge is -2.10. The van der Waals surface area contributed by atoms with Crippen LogP contribution in [0.5, 0.6) is 11.5 Å². The van der Waals surface area contributed by atoms with Crippen molar-refractivity contribution in [1.82, 2.24) is 4.98 Å². The van der Waals surface area contributed by atoms with Gasteiger partial charge in [0.15, 0.2) is 11.5 Å². The molecule has 2 aromatic heterocycles. The van der Waals surface area contributed by atoms with Crippen molar-refractivity contribution in [2.24, 2.45) is 0 Å². The lowest BCUT2D eigenvalue weighted by molar-refractivity contribution is 0.358. The van der Waals surface area contributed by atoms with Crippen LogP contribution in [0, 0.1) is 0 Å². The predicted molar refractivity (Wildman–Crippen MR) is 69.6 cm³/mol. The van der Waals surface area contributed by atoms with Crippen LogP contribution in [0.1, 0.15) is 0 Å². The number of benzene rings is 1. The van der Waals surface area contributed by atoms with Crippen LogP contribution in [-0.4, -0.2) is 19.2 Å². The summed E-state index contributed by atoms with van der Waals surface area (Å²) < 4.78 is 15.9. The van der Waals surface area contributed by atoms with Gasteiger partial charge in [0.25, 0.3) is 0 Å². The van der Waals surface area contributed by atoms with Crippen molar-refractivity contribution >= 4 is 33.6 Å². The minimum atomic E-state index is 0.485. The highest BCUT2D eigenvalue weighted by molar-refractivity contribution is 6.40. The fraction of sp³-hybridized carbons (Fsp3) is 0.154. The normalized spacial score (nSPS) is 11.1. The highest BCUT2D eigenvalue weighted by Gasteiger charge is 2.16. The average molecular weight is 264 g/mol. The zero-order valence-corrected chi connectivity index (χ0v) is 10.6. The summed E-state index contributed by atoms with van der Waals surface area (Å²) in [6.45, 7) is 0. The van der Waals surface area contributed by atoms with Crippen molar-refractivity contribution < 1.29 is 13.9 Å². The van der Waals surface area contributed by atoms with Gasteiger partial charge in [-0.3, -0.25) is 0 Å². The van der Waals surface area contributed by atoms with E-state index >= 15 is 0 Å². The Balaban J connectivity index is 2.50. The number of fused-ring (bicyclic) bond motifs is 2. The van der Waals surface area contributed by atoms with Gasteiger partial charge in [0.2, 0.25) is 5.71 Å². The van der Waals surface area contributed by atoms with Gasteiger partial charge in [-0.2, -0.15) is 0 Å². The Labute approximate surface area is 108 Å². The molecule has 18 heavy (non-hydrogen) atoms. The Bertz CT molecular complexity index is 736. The van der Waals surface area contributed by atoms with Crippen LogP contribution in [-0.2, 0) is 0 Å². The summed E-state index contributed by atoms with van der Waals surface area (Å²) in [4.78, 5) is 4.42. The number of nitrogens with zero attached hydrogens (tertiary/aromatic N) is 1. The second-order valence-corrected chi connectivity index (χ2v) is 4.14. The third-order valence-electron chi connectivity index (χ3n) is 2.85. The molecule has 1 aromatic carbocycles. The molecule has 0 saturated carbocycles. The molecule has 0 amide bonds. The van der Waals surface area contributed by atoms with Crippen LogP contribution in [0.4, 0.5) is 0 Å². The van der Waals surface area contributed by atoms with E-state index in [1.165, 1.54) is 0 Å². The fourth-order valence-corrected chi connectivity index (χ4v) is 2.30. The maximum absolute atomic E-state index is 6.34. The third kappa shape index (κ3) is 1.42. The summed E-state index contributed by atoms with van der Waals surface area (Å²) in [6, 6.07) is 5.46. The monoisotopic (exact) mass is 263 g/mol. The topological polar surface area (TPSA) is 44.5 Å². The molecule has 0 aliphatic rings. The van der Waals surface area contributed by atoms with Gasteiger partial charge in [-0.25, -0.2) is 4.98 Å². The summed E-state index contributed by atoms with van der Waals surface area (Å²) >= 11 is 6.34. The third-order valence-corrected chi connectivity index (χ3v) is 3.26. The Morgan fingerprint density at radius 2 is 1.94 bits per heavy atom. The number of halogens is 1. The molecule has 3 rings (SSSR count). The maximum atomic E-state index is 6.34. The quantitative estimate of drug-likeness (QED) is 0.708. The molecule has 3 aromatic rings. The van der Waals surface area contributed by atoms with Gasteiger partial charge in [0, 0.05) is 5.39 Å². The van der Waals surface area contributed by atoms with Gasteiger partial charge in [-0.15, -0.1) is 0 Å². The second-order valence-electron chi connectivity index (χ2n) is 3.76. The number of hydrogen-bond acceptors (Lipinski definition) is 4. The van der Waals surface area contributed by atoms with E-state index in [-0.39, 0.29) is 0 Å². The zero-order chi connectivity index (χ0) is 12.7. The average Bonchev–Trinajstić information content (AvgIpc) is 2.86. The molecule has 0 N–H and O–H groups in total. The maximum Gasteiger partial charge on any atom is 0.228 e. The molecule has 0 saturated heterocycles. The van der Waals surface area contributed by atoms with Crippen molar-refractivity contribution in [3.63, 3.8) is 0 Å². The Kier molecular flexibility index (Phi) is 2.52. The standard InChI is InChI=1S/C13H10ClNO3/c1-16-9-4-3-7-10(14)8-5-6-18-13(8)15-11(7)12(9)17-2/h3-6H,1-2H3. The van der Waals surface area contributed by atoms with Crippen LogP contribution in [0.2, 0.25) is 5.02 Å². The summed E-state index contributed by atoms with van der Waals surface area (Å²) in [6.07, 6.45) is 1.56. The van der Waals surface area contributed by atoms with Gasteiger partial charge in [-0.1, -0.05) is 11.6 Å². The van der Waals surface area contributed by atoms with E-state index in [1.807, 2.05) is 6.07 Å². The molecule has 0 radical (unpaired) electrons. The number of methoxy groups -OCH3 is 2. The van der Waals surface area contributed by atoms with E-state index in [9.17, 15) is 0 Å². The van der Waals surface area contributed by atoms with E-state index in [0.717, 1.165) is 10.8 Å². The van der Waals surface area contributed by atoms with Gasteiger partial charge in [0.05, 0.1) is 30.9 Å². The number of furan rings is 1. The van der Waals surface area contributed by atoms with Crippen molar-refractivity contribution in [1.29, 1.82) is 0 Å². The van der Waals surface area contributed by atoms with Crippen molar-refractivity contribution in [3.05, 3.63) is 29.5 Å². The van der Waals surface area contributed by atoms with Gasteiger partial charge in [0.1, 0.15) is 5.52 Å². The highest BCUT2D eigenvalue weighted by atomic mass is 35.5. The van der Waals surface area contributed by atoms with Crippen LogP contribution >= 0.6 is 11.6 Å². The predicted octanol–water partition coefficient (Wildman–Crippen LogP) is 3.65. The number of hydrogen-bond donors (Lipinski definition) is 0. The molecule has 0 aliphatic carbocycles. The SMILES string of the molecule is COc1ccc2c(Cl)c3ccoc3nc2c1OC. The first-order valence-electron chi connectivity index (χ1n) is 5.33. The molecule has 2 heterocycles. The largest absolute Gasteiger partial charge is 0.493 e. The Morgan fingerprint density at radius 1 is 1.11 bits per heavy atom. The first-order chi connectivity index (χ1) is 8.76. The molecular formula is C13H10ClNO3. The second kappa shape index (κ2) is 4.07. The minimum absolute atomic E-state index is 0.485. The Hall–Kier alpha value is -1.94. The van der Waals surface area contributed by atoms with E-state index in [4.69, 9.17) is 25.5 Å². The van der Waals surface area contributed by atoms with Crippen molar-refractivity contribution in [2.45, 2.75) is 0 Å². The first kappa shape index (κ1) is 11.2. The molecule has 0 atom stereocenters. The Morgan fingerprint density at radius 3 is 2.67 bits per heavy atom. The van der Waals surface area contributed by atoms with E-state index in [2.05, 4.69) is 4.98 Å². The van der Waals surface area contributed by atoms with Crippen LogP contribution in [0.3, 0.4) is 0 Å². The molecule has 5 heteroatoms. The van der Waals surface area contributed by atoms with E-state index in [0.29, 0.717) is 27.8 Å². The van der Waals surface area contributed by atoms with Crippen LogP contribution in [0.15, 0.2) is 28.9 Å². The molecule has 0 unspecified atom stereocenters. The summed E-state index contributed by atoms with van der Waals surface area (Å²) in [7, 11) is 3.15. The van der Waals surface area contributed by atoms with Gasteiger partial charge >= 0.3 is 0 Å². The number of rotatable bonds is 2. The summed E-state index contributed by atoms with van der Waals surface area (Å²) in [5.74, 6) is 1.16. The zero-order valence-electron chi connectivity index (χ0n) is 9.86. The van der Waals surface area contributed by atoms with Gasteiger partial charge in [-0.05, 0) is 18.2 Å². The molecular weight excluding hydrogens is 254 g/mol. The lowest BCUT2D eigenvalue weighted by atomic mass is 10.1. The number of ether oxygens (including phenoxy) is 2. The molecule has 92 valence electrons. The summed E-state index contributed by atoms with van der Waals surface area (Å²) in [5.41, 5.74) is 1.11. The highest BCUT2D eigenvalue weighted by Crippen LogP contribution is 2.39. The molecule has 0 fully saturated rings. The smallest absolute Gasteiger partial charge is 0.228 e. The summed E-state index contributed by atoms with van der Waals surface area (Å²) in [5, 5.41) is 2.20. The van der Waals surface area contributed by atoms with Crippen LogP contribution in [0.25, 0.3) is 22.0 Å². The lowest BCUT2D eigenvalue weighted by Crippen LogP contribution is -1.93. The minimum Gasteiger partial charge on any atom is -0.493 e. The van der Waals surface area contributed by atoms with Crippen molar-refractivity contribution in [2.75, 3.05) is 14.2 Å².